The van der Waals surface area contributed by atoms with E-state index in [9.17, 15) is 9.59 Å². The van der Waals surface area contributed by atoms with Gasteiger partial charge in [-0.15, -0.1) is 0 Å². The Hall–Kier alpha value is -1.30. The molecule has 1 amide bonds. The molecule has 1 aliphatic heterocycles. The number of carboxylic acid groups (broad SMARTS) is 1. The van der Waals surface area contributed by atoms with Crippen molar-refractivity contribution >= 4 is 12.1 Å². The highest BCUT2D eigenvalue weighted by atomic mass is 16.6. The van der Waals surface area contributed by atoms with Crippen molar-refractivity contribution in [1.29, 1.82) is 0 Å². The Morgan fingerprint density at radius 2 is 1.94 bits per heavy atom. The van der Waals surface area contributed by atoms with Crippen LogP contribution in [0.4, 0.5) is 4.79 Å². The summed E-state index contributed by atoms with van der Waals surface area (Å²) in [6, 6.07) is -1.05. The van der Waals surface area contributed by atoms with Gasteiger partial charge in [-0.2, -0.15) is 0 Å². The van der Waals surface area contributed by atoms with Gasteiger partial charge in [0.2, 0.25) is 0 Å². The lowest BCUT2D eigenvalue weighted by molar-refractivity contribution is -0.142. The van der Waals surface area contributed by atoms with Gasteiger partial charge in [0.05, 0.1) is 12.6 Å². The van der Waals surface area contributed by atoms with Crippen molar-refractivity contribution in [3.63, 3.8) is 0 Å². The van der Waals surface area contributed by atoms with Crippen LogP contribution in [0.2, 0.25) is 0 Å². The standard InChI is InChI=1S/C12H21NO5/c1-12(2,3)18-11(16)13-8(7-17-4)5-6-9(13)10(14)15/h8-9H,5-7H2,1-4H3,(H,14,15)/t8-,9+/m1/s1. The lowest BCUT2D eigenvalue weighted by Gasteiger charge is -2.30. The van der Waals surface area contributed by atoms with Crippen LogP contribution in [-0.2, 0) is 14.3 Å². The Balaban J connectivity index is 2.82. The molecule has 0 aromatic carbocycles. The number of rotatable bonds is 3. The Labute approximate surface area is 107 Å². The molecular weight excluding hydrogens is 238 g/mol. The SMILES string of the molecule is COC[C@H]1CC[C@@H](C(=O)O)N1C(=O)OC(C)(C)C. The molecule has 0 spiro atoms. The first-order valence-electron chi connectivity index (χ1n) is 5.99. The van der Waals surface area contributed by atoms with E-state index in [1.165, 1.54) is 12.0 Å². The number of ether oxygens (including phenoxy) is 2. The van der Waals surface area contributed by atoms with Crippen LogP contribution in [0.1, 0.15) is 33.6 Å². The quantitative estimate of drug-likeness (QED) is 0.831. The van der Waals surface area contributed by atoms with E-state index in [-0.39, 0.29) is 6.04 Å². The maximum atomic E-state index is 12.0. The number of amides is 1. The van der Waals surface area contributed by atoms with Gasteiger partial charge in [0.15, 0.2) is 0 Å². The van der Waals surface area contributed by atoms with Crippen molar-refractivity contribution in [3.8, 4) is 0 Å². The van der Waals surface area contributed by atoms with Crippen LogP contribution in [0, 0.1) is 0 Å². The van der Waals surface area contributed by atoms with E-state index >= 15 is 0 Å². The summed E-state index contributed by atoms with van der Waals surface area (Å²) in [5.41, 5.74) is -0.639. The Kier molecular flexibility index (Phi) is 4.56. The van der Waals surface area contributed by atoms with Crippen LogP contribution in [-0.4, -0.2) is 53.5 Å². The molecule has 1 fully saturated rings. The lowest BCUT2D eigenvalue weighted by atomic mass is 10.2. The van der Waals surface area contributed by atoms with E-state index in [4.69, 9.17) is 14.6 Å². The molecule has 6 nitrogen and oxygen atoms in total. The minimum atomic E-state index is -1.00. The van der Waals surface area contributed by atoms with E-state index in [2.05, 4.69) is 0 Å². The number of carbonyl (C=O) groups excluding carboxylic acids is 1. The summed E-state index contributed by atoms with van der Waals surface area (Å²) < 4.78 is 10.3. The molecule has 104 valence electrons. The molecule has 0 aromatic heterocycles. The Morgan fingerprint density at radius 3 is 2.39 bits per heavy atom. The fourth-order valence-corrected chi connectivity index (χ4v) is 2.07. The molecule has 1 aliphatic rings. The zero-order chi connectivity index (χ0) is 13.9. The van der Waals surface area contributed by atoms with Crippen molar-refractivity contribution in [1.82, 2.24) is 4.90 Å². The number of aliphatic carboxylic acids is 1. The van der Waals surface area contributed by atoms with Crippen LogP contribution in [0.3, 0.4) is 0 Å². The van der Waals surface area contributed by atoms with Gasteiger partial charge in [-0.05, 0) is 33.6 Å². The van der Waals surface area contributed by atoms with Crippen LogP contribution in [0.15, 0.2) is 0 Å². The number of hydrogen-bond donors (Lipinski definition) is 1. The second kappa shape index (κ2) is 5.56. The first-order valence-corrected chi connectivity index (χ1v) is 5.99. The monoisotopic (exact) mass is 259 g/mol. The Bertz CT molecular complexity index is 323. The zero-order valence-corrected chi connectivity index (χ0v) is 11.3. The van der Waals surface area contributed by atoms with Gasteiger partial charge in [-0.1, -0.05) is 0 Å². The van der Waals surface area contributed by atoms with E-state index in [1.807, 2.05) is 0 Å². The number of nitrogens with zero attached hydrogens (tertiary/aromatic N) is 1. The first-order chi connectivity index (χ1) is 8.26. The minimum Gasteiger partial charge on any atom is -0.480 e. The number of likely N-dealkylation sites (tertiary alicyclic amines) is 1. The van der Waals surface area contributed by atoms with Crippen LogP contribution in [0.5, 0.6) is 0 Å². The summed E-state index contributed by atoms with van der Waals surface area (Å²) in [6.45, 7) is 5.58. The molecule has 0 aliphatic carbocycles. The van der Waals surface area contributed by atoms with Crippen molar-refractivity contribution < 1.29 is 24.2 Å². The van der Waals surface area contributed by atoms with E-state index in [0.717, 1.165) is 0 Å². The summed E-state index contributed by atoms with van der Waals surface area (Å²) >= 11 is 0. The largest absolute Gasteiger partial charge is 0.480 e. The lowest BCUT2D eigenvalue weighted by Crippen LogP contribution is -2.48. The van der Waals surface area contributed by atoms with E-state index in [1.54, 1.807) is 20.8 Å². The molecule has 1 saturated heterocycles. The molecule has 0 radical (unpaired) electrons. The van der Waals surface area contributed by atoms with Crippen molar-refractivity contribution in [2.24, 2.45) is 0 Å². The molecule has 2 atom stereocenters. The highest BCUT2D eigenvalue weighted by Gasteiger charge is 2.42. The predicted molar refractivity (Wildman–Crippen MR) is 64.4 cm³/mol. The second-order valence-corrected chi connectivity index (χ2v) is 5.43. The maximum absolute atomic E-state index is 12.0. The van der Waals surface area contributed by atoms with Gasteiger partial charge >= 0.3 is 12.1 Å². The number of carboxylic acids is 1. The smallest absolute Gasteiger partial charge is 0.411 e. The molecule has 0 bridgehead atoms. The third-order valence-electron chi connectivity index (χ3n) is 2.75. The second-order valence-electron chi connectivity index (χ2n) is 5.43. The third-order valence-corrected chi connectivity index (χ3v) is 2.75. The highest BCUT2D eigenvalue weighted by molar-refractivity contribution is 5.81. The predicted octanol–water partition coefficient (Wildman–Crippen LogP) is 1.49. The van der Waals surface area contributed by atoms with Gasteiger partial charge in [-0.3, -0.25) is 4.90 Å². The average Bonchev–Trinajstić information content (AvgIpc) is 2.59. The first kappa shape index (κ1) is 14.8. The molecule has 18 heavy (non-hydrogen) atoms. The van der Waals surface area contributed by atoms with Crippen LogP contribution >= 0.6 is 0 Å². The van der Waals surface area contributed by atoms with Crippen molar-refractivity contribution in [3.05, 3.63) is 0 Å². The summed E-state index contributed by atoms with van der Waals surface area (Å²) in [6.07, 6.45) is 0.460. The van der Waals surface area contributed by atoms with Gasteiger partial charge < -0.3 is 14.6 Å². The summed E-state index contributed by atoms with van der Waals surface area (Å²) in [7, 11) is 1.53. The number of hydrogen-bond acceptors (Lipinski definition) is 4. The molecule has 0 saturated carbocycles. The number of carbonyl (C=O) groups is 2. The molecule has 1 heterocycles. The van der Waals surface area contributed by atoms with Gasteiger partial charge in [-0.25, -0.2) is 9.59 Å². The third kappa shape index (κ3) is 3.60. The fraction of sp³-hybridized carbons (Fsp3) is 0.833. The maximum Gasteiger partial charge on any atom is 0.411 e. The van der Waals surface area contributed by atoms with Crippen molar-refractivity contribution in [2.75, 3.05) is 13.7 Å². The molecule has 0 unspecified atom stereocenters. The van der Waals surface area contributed by atoms with E-state index < -0.39 is 23.7 Å². The molecule has 6 heteroatoms. The van der Waals surface area contributed by atoms with E-state index in [0.29, 0.717) is 19.4 Å². The zero-order valence-electron chi connectivity index (χ0n) is 11.3. The van der Waals surface area contributed by atoms with Crippen LogP contribution in [0.25, 0.3) is 0 Å². The average molecular weight is 259 g/mol. The molecule has 1 N–H and O–H groups in total. The molecule has 1 rings (SSSR count). The summed E-state index contributed by atoms with van der Waals surface area (Å²) in [4.78, 5) is 24.5. The van der Waals surface area contributed by atoms with Gasteiger partial charge in [0.25, 0.3) is 0 Å². The number of methoxy groups -OCH3 is 1. The van der Waals surface area contributed by atoms with Gasteiger partial charge in [0, 0.05) is 7.11 Å². The van der Waals surface area contributed by atoms with Crippen molar-refractivity contribution in [2.45, 2.75) is 51.3 Å². The minimum absolute atomic E-state index is 0.231. The highest BCUT2D eigenvalue weighted by Crippen LogP contribution is 2.27. The molecular formula is C12H21NO5. The summed E-state index contributed by atoms with van der Waals surface area (Å²) in [5.74, 6) is -1.00. The Morgan fingerprint density at radius 1 is 1.33 bits per heavy atom. The fourth-order valence-electron chi connectivity index (χ4n) is 2.07. The molecule has 0 aromatic rings. The normalized spacial score (nSPS) is 24.1. The van der Waals surface area contributed by atoms with Crippen LogP contribution < -0.4 is 0 Å². The topological polar surface area (TPSA) is 76.1 Å². The van der Waals surface area contributed by atoms with Gasteiger partial charge in [0.1, 0.15) is 11.6 Å². The summed E-state index contributed by atoms with van der Waals surface area (Å²) in [5, 5.41) is 9.13.